The van der Waals surface area contributed by atoms with Gasteiger partial charge in [-0.25, -0.2) is 9.67 Å². The van der Waals surface area contributed by atoms with Crippen molar-refractivity contribution in [1.82, 2.24) is 29.9 Å². The van der Waals surface area contributed by atoms with Crippen molar-refractivity contribution in [3.05, 3.63) is 70.8 Å². The molecule has 0 radical (unpaired) electrons. The Kier molecular flexibility index (Phi) is 5.11. The zero-order chi connectivity index (χ0) is 21.4. The summed E-state index contributed by atoms with van der Waals surface area (Å²) in [7, 11) is 1.91. The molecule has 154 valence electrons. The monoisotopic (exact) mass is 402 g/mol. The molecule has 0 saturated heterocycles. The van der Waals surface area contributed by atoms with Crippen molar-refractivity contribution < 1.29 is 4.79 Å². The Hall–Kier alpha value is -3.48. The number of hydrogen-bond donors (Lipinski definition) is 1. The highest BCUT2D eigenvalue weighted by atomic mass is 16.1. The molecule has 3 heterocycles. The fourth-order valence-electron chi connectivity index (χ4n) is 3.87. The van der Waals surface area contributed by atoms with Crippen molar-refractivity contribution in [2.45, 2.75) is 40.2 Å². The van der Waals surface area contributed by atoms with Crippen LogP contribution in [-0.4, -0.2) is 36.5 Å². The zero-order valence-corrected chi connectivity index (χ0v) is 18.0. The molecule has 1 N–H and O–H groups in total. The van der Waals surface area contributed by atoms with Crippen molar-refractivity contribution in [2.24, 2.45) is 7.05 Å². The largest absolute Gasteiger partial charge is 0.349 e. The number of amides is 1. The normalized spacial score (nSPS) is 12.3. The average Bonchev–Trinajstić information content (AvgIpc) is 3.19. The van der Waals surface area contributed by atoms with Gasteiger partial charge in [0, 0.05) is 25.0 Å². The molecular weight excluding hydrogens is 376 g/mol. The lowest BCUT2D eigenvalue weighted by Gasteiger charge is -2.14. The summed E-state index contributed by atoms with van der Waals surface area (Å²) in [4.78, 5) is 17.9. The molecule has 7 nitrogen and oxygen atoms in total. The summed E-state index contributed by atoms with van der Waals surface area (Å²) in [6, 6.07) is 11.7. The summed E-state index contributed by atoms with van der Waals surface area (Å²) in [5, 5.41) is 13.0. The number of nitrogens with zero attached hydrogens (tertiary/aromatic N) is 5. The minimum Gasteiger partial charge on any atom is -0.349 e. The van der Waals surface area contributed by atoms with E-state index >= 15 is 0 Å². The van der Waals surface area contributed by atoms with E-state index in [-0.39, 0.29) is 11.9 Å². The lowest BCUT2D eigenvalue weighted by molar-refractivity contribution is 0.0941. The maximum absolute atomic E-state index is 13.2. The predicted octanol–water partition coefficient (Wildman–Crippen LogP) is 3.44. The van der Waals surface area contributed by atoms with E-state index in [1.807, 2.05) is 77.3 Å². The number of rotatable bonds is 5. The lowest BCUT2D eigenvalue weighted by atomic mass is 10.1. The van der Waals surface area contributed by atoms with Crippen LogP contribution in [0.3, 0.4) is 0 Å². The third-order valence-corrected chi connectivity index (χ3v) is 5.20. The van der Waals surface area contributed by atoms with Gasteiger partial charge < -0.3 is 5.32 Å². The molecular formula is C23H26N6O. The minimum absolute atomic E-state index is 0.0339. The highest BCUT2D eigenvalue weighted by Crippen LogP contribution is 2.25. The van der Waals surface area contributed by atoms with Crippen LogP contribution in [0.4, 0.5) is 0 Å². The molecule has 1 atom stereocenters. The van der Waals surface area contributed by atoms with Gasteiger partial charge in [0.2, 0.25) is 0 Å². The topological polar surface area (TPSA) is 77.6 Å². The Bertz CT molecular complexity index is 1220. The second-order valence-electron chi connectivity index (χ2n) is 7.83. The number of carbonyl (C=O) groups is 1. The summed E-state index contributed by atoms with van der Waals surface area (Å²) in [5.74, 6) is -0.116. The Morgan fingerprint density at radius 1 is 1.10 bits per heavy atom. The van der Waals surface area contributed by atoms with E-state index in [4.69, 9.17) is 0 Å². The Labute approximate surface area is 175 Å². The van der Waals surface area contributed by atoms with Gasteiger partial charge in [0.25, 0.3) is 5.91 Å². The van der Waals surface area contributed by atoms with Crippen LogP contribution in [0, 0.1) is 20.8 Å². The Morgan fingerprint density at radius 3 is 2.50 bits per heavy atom. The molecule has 4 aromatic rings. The third-order valence-electron chi connectivity index (χ3n) is 5.20. The molecule has 3 aromatic heterocycles. The van der Waals surface area contributed by atoms with Gasteiger partial charge in [0.15, 0.2) is 5.65 Å². The molecule has 1 amide bonds. The van der Waals surface area contributed by atoms with E-state index in [0.717, 1.165) is 40.1 Å². The Balaban J connectivity index is 1.67. The number of benzene rings is 1. The van der Waals surface area contributed by atoms with Gasteiger partial charge in [-0.3, -0.25) is 9.48 Å². The van der Waals surface area contributed by atoms with Gasteiger partial charge in [-0.1, -0.05) is 18.2 Å². The van der Waals surface area contributed by atoms with Crippen LogP contribution in [-0.2, 0) is 13.5 Å². The number of para-hydroxylation sites is 1. The Morgan fingerprint density at radius 2 is 1.83 bits per heavy atom. The lowest BCUT2D eigenvalue weighted by Crippen LogP contribution is -2.34. The van der Waals surface area contributed by atoms with Crippen LogP contribution in [0.1, 0.15) is 39.9 Å². The average molecular weight is 403 g/mol. The van der Waals surface area contributed by atoms with E-state index in [9.17, 15) is 4.79 Å². The van der Waals surface area contributed by atoms with Crippen LogP contribution in [0.2, 0.25) is 0 Å². The fourth-order valence-corrected chi connectivity index (χ4v) is 3.87. The molecule has 0 aliphatic rings. The second-order valence-corrected chi connectivity index (χ2v) is 7.83. The van der Waals surface area contributed by atoms with Crippen molar-refractivity contribution in [2.75, 3.05) is 0 Å². The summed E-state index contributed by atoms with van der Waals surface area (Å²) in [6.07, 6.45) is 2.72. The smallest absolute Gasteiger partial charge is 0.252 e. The van der Waals surface area contributed by atoms with Gasteiger partial charge >= 0.3 is 0 Å². The molecule has 0 fully saturated rings. The standard InChI is InChI=1S/C23H26N6O/c1-14(11-18-13-28(5)26-16(18)3)25-23(30)20-12-15(2)24-22-21(20)17(4)27-29(22)19-9-7-6-8-10-19/h6-10,12-14H,11H2,1-5H3,(H,25,30). The molecule has 0 aliphatic heterocycles. The van der Waals surface area contributed by atoms with Gasteiger partial charge in [0.1, 0.15) is 0 Å². The first kappa shape index (κ1) is 19.8. The molecule has 0 spiro atoms. The van der Waals surface area contributed by atoms with Crippen LogP contribution < -0.4 is 5.32 Å². The highest BCUT2D eigenvalue weighted by Gasteiger charge is 2.21. The molecule has 0 aliphatic carbocycles. The van der Waals surface area contributed by atoms with Crippen molar-refractivity contribution >= 4 is 16.9 Å². The van der Waals surface area contributed by atoms with Crippen LogP contribution in [0.5, 0.6) is 0 Å². The summed E-state index contributed by atoms with van der Waals surface area (Å²) < 4.78 is 3.60. The van der Waals surface area contributed by atoms with Gasteiger partial charge in [-0.15, -0.1) is 0 Å². The number of pyridine rings is 1. The molecule has 0 saturated carbocycles. The quantitative estimate of drug-likeness (QED) is 0.555. The van der Waals surface area contributed by atoms with Crippen molar-refractivity contribution in [1.29, 1.82) is 0 Å². The summed E-state index contributed by atoms with van der Waals surface area (Å²) in [5.41, 5.74) is 5.89. The first-order valence-corrected chi connectivity index (χ1v) is 10.1. The van der Waals surface area contributed by atoms with Crippen LogP contribution in [0.15, 0.2) is 42.6 Å². The van der Waals surface area contributed by atoms with Crippen molar-refractivity contribution in [3.8, 4) is 5.69 Å². The molecule has 7 heteroatoms. The first-order valence-electron chi connectivity index (χ1n) is 10.1. The maximum atomic E-state index is 13.2. The van der Waals surface area contributed by atoms with E-state index in [1.54, 1.807) is 9.36 Å². The maximum Gasteiger partial charge on any atom is 0.252 e. The summed E-state index contributed by atoms with van der Waals surface area (Å²) >= 11 is 0. The third kappa shape index (κ3) is 3.70. The highest BCUT2D eigenvalue weighted by molar-refractivity contribution is 6.06. The van der Waals surface area contributed by atoms with Crippen LogP contribution in [0.25, 0.3) is 16.7 Å². The van der Waals surface area contributed by atoms with E-state index in [0.29, 0.717) is 11.2 Å². The molecule has 30 heavy (non-hydrogen) atoms. The number of aromatic nitrogens is 5. The first-order chi connectivity index (χ1) is 14.3. The number of hydrogen-bond acceptors (Lipinski definition) is 4. The van der Waals surface area contributed by atoms with Gasteiger partial charge in [-0.05, 0) is 57.9 Å². The molecule has 0 bridgehead atoms. The molecule has 4 rings (SSSR count). The SMILES string of the molecule is Cc1cc(C(=O)NC(C)Cc2cn(C)nc2C)c2c(C)nn(-c3ccccc3)c2n1. The minimum atomic E-state index is -0.116. The fraction of sp³-hybridized carbons (Fsp3) is 0.304. The molecule has 1 unspecified atom stereocenters. The number of carbonyl (C=O) groups excluding carboxylic acids is 1. The van der Waals surface area contributed by atoms with E-state index < -0.39 is 0 Å². The molecule has 1 aromatic carbocycles. The van der Waals surface area contributed by atoms with E-state index in [2.05, 4.69) is 20.5 Å². The van der Waals surface area contributed by atoms with Crippen LogP contribution >= 0.6 is 0 Å². The number of aryl methyl sites for hydroxylation is 4. The summed E-state index contributed by atoms with van der Waals surface area (Å²) in [6.45, 7) is 7.81. The second kappa shape index (κ2) is 7.74. The van der Waals surface area contributed by atoms with Gasteiger partial charge in [0.05, 0.1) is 28.0 Å². The van der Waals surface area contributed by atoms with Gasteiger partial charge in [-0.2, -0.15) is 10.2 Å². The predicted molar refractivity (Wildman–Crippen MR) is 117 cm³/mol. The number of nitrogens with one attached hydrogen (secondary N) is 1. The van der Waals surface area contributed by atoms with E-state index in [1.165, 1.54) is 0 Å². The van der Waals surface area contributed by atoms with Crippen molar-refractivity contribution in [3.63, 3.8) is 0 Å². The zero-order valence-electron chi connectivity index (χ0n) is 18.0. The number of fused-ring (bicyclic) bond motifs is 1.